The molecule has 18 nitrogen and oxygen atoms in total. The van der Waals surface area contributed by atoms with E-state index in [0.717, 1.165) is 22.3 Å². The molecule has 0 bridgehead atoms. The number of rotatable bonds is 25. The number of carbonyl (C=O) groups is 7. The van der Waals surface area contributed by atoms with Crippen LogP contribution in [0.15, 0.2) is 97.1 Å². The molecule has 0 radical (unpaired) electrons. The van der Waals surface area contributed by atoms with Crippen LogP contribution in [0.4, 0.5) is 25.8 Å². The molecule has 0 aromatic heterocycles. The third kappa shape index (κ3) is 15.5. The van der Waals surface area contributed by atoms with Crippen molar-refractivity contribution in [3.05, 3.63) is 124 Å². The van der Waals surface area contributed by atoms with Gasteiger partial charge in [-0.3, -0.25) is 24.5 Å². The zero-order valence-electron chi connectivity index (χ0n) is 38.3. The summed E-state index contributed by atoms with van der Waals surface area (Å²) in [6.07, 6.45) is -0.0221. The Kier molecular flexibility index (Phi) is 19.1. The maximum absolute atomic E-state index is 13.9. The first-order chi connectivity index (χ1) is 32.6. The number of carbonyl (C=O) groups excluding carboxylic acids is 7. The largest absolute Gasteiger partial charge is 0.514 e. The molecule has 3 atom stereocenters. The van der Waals surface area contributed by atoms with Crippen molar-refractivity contribution in [1.82, 2.24) is 16.0 Å². The number of unbranched alkanes of at least 4 members (excludes halogenated alkanes) is 1. The highest BCUT2D eigenvalue weighted by Crippen LogP contribution is 2.44. The summed E-state index contributed by atoms with van der Waals surface area (Å²) < 4.78 is 15.8. The van der Waals surface area contributed by atoms with Gasteiger partial charge >= 0.3 is 18.3 Å². The second-order valence-corrected chi connectivity index (χ2v) is 17.0. The van der Waals surface area contributed by atoms with Gasteiger partial charge in [-0.05, 0) is 90.6 Å². The molecule has 0 unspecified atom stereocenters. The minimum atomic E-state index is -1.03. The summed E-state index contributed by atoms with van der Waals surface area (Å²) in [4.78, 5) is 100. The molecule has 5 rings (SSSR count). The number of nitro groups is 1. The van der Waals surface area contributed by atoms with Gasteiger partial charge in [0.05, 0.1) is 11.0 Å². The average Bonchev–Trinajstić information content (AvgIpc) is 3.63. The van der Waals surface area contributed by atoms with Crippen LogP contribution in [0, 0.1) is 27.9 Å². The molecule has 68 heavy (non-hydrogen) atoms. The van der Waals surface area contributed by atoms with Crippen molar-refractivity contribution in [2.45, 2.75) is 84.3 Å². The van der Waals surface area contributed by atoms with Gasteiger partial charge in [-0.15, -0.1) is 0 Å². The predicted molar refractivity (Wildman–Crippen MR) is 251 cm³/mol. The minimum Gasteiger partial charge on any atom is -0.449 e. The Hall–Kier alpha value is -7.63. The summed E-state index contributed by atoms with van der Waals surface area (Å²) in [5.74, 6) is -3.52. The van der Waals surface area contributed by atoms with E-state index >= 15 is 0 Å². The standard InChI is InChI=1S/C50H58N6O12/c1-31(2)45(55-47(60)34(27-32(3)57)11-8-9-25-53-49(62)66-30-43-41-15-6-4-13-39(41)40-14-5-7-16-42(40)43)44(58)28-35(12-10-26-52-48(51)61)46(59)54-36-19-17-33(18-20-36)29-67-50(63)68-38-23-21-37(22-24-38)56(64)65/h4-7,13-24,31,34-35,43,45H,8-12,25-30H2,1-3H3,(H,53,62)(H,54,59)(H,55,60)(H3,51,52,61)/t34-,35-,45+/m0/s1. The number of urea groups is 1. The van der Waals surface area contributed by atoms with E-state index in [2.05, 4.69) is 33.4 Å². The Morgan fingerprint density at radius 3 is 1.93 bits per heavy atom. The molecule has 4 aromatic carbocycles. The number of hydrogen-bond acceptors (Lipinski definition) is 12. The van der Waals surface area contributed by atoms with Crippen molar-refractivity contribution in [3.8, 4) is 16.9 Å². The van der Waals surface area contributed by atoms with Crippen molar-refractivity contribution < 1.29 is 52.7 Å². The van der Waals surface area contributed by atoms with Crippen molar-refractivity contribution in [2.24, 2.45) is 23.5 Å². The molecule has 0 spiro atoms. The lowest BCUT2D eigenvalue weighted by atomic mass is 9.88. The van der Waals surface area contributed by atoms with Crippen LogP contribution in [0.1, 0.15) is 88.3 Å². The van der Waals surface area contributed by atoms with E-state index in [1.165, 1.54) is 31.2 Å². The second-order valence-electron chi connectivity index (χ2n) is 17.0. The van der Waals surface area contributed by atoms with Gasteiger partial charge < -0.3 is 46.0 Å². The molecule has 0 heterocycles. The number of nitrogens with one attached hydrogen (secondary N) is 4. The number of fused-ring (bicyclic) bond motifs is 3. The number of nitrogens with two attached hydrogens (primary N) is 1. The maximum atomic E-state index is 13.9. The van der Waals surface area contributed by atoms with E-state index in [4.69, 9.17) is 19.9 Å². The van der Waals surface area contributed by atoms with E-state index in [-0.39, 0.29) is 68.1 Å². The molecule has 1 aliphatic carbocycles. The summed E-state index contributed by atoms with van der Waals surface area (Å²) in [6.45, 7) is 5.38. The molecule has 6 N–H and O–H groups in total. The van der Waals surface area contributed by atoms with Gasteiger partial charge in [0.2, 0.25) is 11.8 Å². The second kappa shape index (κ2) is 25.3. The highest BCUT2D eigenvalue weighted by atomic mass is 16.7. The Morgan fingerprint density at radius 1 is 0.721 bits per heavy atom. The Labute approximate surface area is 394 Å². The molecule has 0 aliphatic heterocycles. The van der Waals surface area contributed by atoms with Gasteiger partial charge in [-0.2, -0.15) is 0 Å². The first kappa shape index (κ1) is 51.4. The van der Waals surface area contributed by atoms with Crippen LogP contribution in [0.25, 0.3) is 11.1 Å². The number of ketones is 2. The molecule has 360 valence electrons. The first-order valence-corrected chi connectivity index (χ1v) is 22.5. The fourth-order valence-electron chi connectivity index (χ4n) is 8.01. The topological polar surface area (TPSA) is 264 Å². The summed E-state index contributed by atoms with van der Waals surface area (Å²) in [5, 5.41) is 21.8. The number of anilines is 1. The van der Waals surface area contributed by atoms with Crippen LogP contribution >= 0.6 is 0 Å². The first-order valence-electron chi connectivity index (χ1n) is 22.5. The van der Waals surface area contributed by atoms with E-state index < -0.39 is 58.7 Å². The monoisotopic (exact) mass is 934 g/mol. The number of hydrogen-bond donors (Lipinski definition) is 5. The Balaban J connectivity index is 1.10. The molecule has 4 aromatic rings. The number of nitrogens with zero attached hydrogens (tertiary/aromatic N) is 1. The third-order valence-corrected chi connectivity index (χ3v) is 11.5. The average molecular weight is 935 g/mol. The van der Waals surface area contributed by atoms with Gasteiger partial charge in [0.15, 0.2) is 5.78 Å². The SMILES string of the molecule is CC(=O)C[C@H](CCCCNC(=O)OCC1c2ccccc2-c2ccccc21)C(=O)N[C@@H](C(=O)C[C@H](CCCNC(N)=O)C(=O)Nc1ccc(COC(=O)Oc2ccc([N+](=O)[O-])cc2)cc1)C(C)C. The van der Waals surface area contributed by atoms with Crippen LogP contribution < -0.4 is 31.7 Å². The summed E-state index contributed by atoms with van der Waals surface area (Å²) in [5.41, 5.74) is 10.5. The Bertz CT molecular complexity index is 2380. The number of primary amides is 1. The van der Waals surface area contributed by atoms with E-state index in [0.29, 0.717) is 43.5 Å². The molecule has 0 saturated carbocycles. The van der Waals surface area contributed by atoms with Gasteiger partial charge in [0, 0.05) is 61.5 Å². The number of amides is 5. The van der Waals surface area contributed by atoms with E-state index in [1.54, 1.807) is 38.1 Å². The maximum Gasteiger partial charge on any atom is 0.514 e. The van der Waals surface area contributed by atoms with Crippen molar-refractivity contribution in [3.63, 3.8) is 0 Å². The lowest BCUT2D eigenvalue weighted by Crippen LogP contribution is -2.48. The number of non-ortho nitro benzene ring substituents is 1. The number of ether oxygens (including phenoxy) is 3. The predicted octanol–water partition coefficient (Wildman–Crippen LogP) is 7.72. The number of benzene rings is 4. The summed E-state index contributed by atoms with van der Waals surface area (Å²) in [7, 11) is 0. The normalized spacial score (nSPS) is 12.9. The molecule has 5 amide bonds. The van der Waals surface area contributed by atoms with Gasteiger partial charge in [0.1, 0.15) is 24.7 Å². The lowest BCUT2D eigenvalue weighted by molar-refractivity contribution is -0.384. The van der Waals surface area contributed by atoms with Gasteiger partial charge in [-0.25, -0.2) is 14.4 Å². The minimum absolute atomic E-state index is 0.0419. The quantitative estimate of drug-likeness (QED) is 0.0141. The van der Waals surface area contributed by atoms with E-state index in [1.807, 2.05) is 36.4 Å². The van der Waals surface area contributed by atoms with Crippen LogP contribution in [-0.2, 0) is 35.3 Å². The van der Waals surface area contributed by atoms with Crippen LogP contribution in [0.2, 0.25) is 0 Å². The fraction of sp³-hybridized carbons (Fsp3) is 0.380. The van der Waals surface area contributed by atoms with Crippen LogP contribution in [-0.4, -0.2) is 72.3 Å². The van der Waals surface area contributed by atoms with Crippen molar-refractivity contribution in [2.75, 3.05) is 25.0 Å². The number of alkyl carbamates (subject to hydrolysis) is 1. The van der Waals surface area contributed by atoms with Crippen molar-refractivity contribution >= 4 is 53.0 Å². The smallest absolute Gasteiger partial charge is 0.449 e. The summed E-state index contributed by atoms with van der Waals surface area (Å²) in [6, 6.07) is 25.7. The highest BCUT2D eigenvalue weighted by molar-refractivity contribution is 5.98. The van der Waals surface area contributed by atoms with Crippen LogP contribution in [0.5, 0.6) is 5.75 Å². The third-order valence-electron chi connectivity index (χ3n) is 11.5. The zero-order valence-corrected chi connectivity index (χ0v) is 38.3. The molecular formula is C50H58N6O12. The van der Waals surface area contributed by atoms with E-state index in [9.17, 15) is 43.7 Å². The highest BCUT2D eigenvalue weighted by Gasteiger charge is 2.32. The molecule has 1 aliphatic rings. The lowest BCUT2D eigenvalue weighted by Gasteiger charge is -2.26. The zero-order chi connectivity index (χ0) is 49.2. The molecule has 18 heteroatoms. The summed E-state index contributed by atoms with van der Waals surface area (Å²) >= 11 is 0. The Morgan fingerprint density at radius 2 is 1.32 bits per heavy atom. The van der Waals surface area contributed by atoms with Gasteiger partial charge in [0.25, 0.3) is 5.69 Å². The molecular weight excluding hydrogens is 877 g/mol. The molecule has 0 saturated heterocycles. The van der Waals surface area contributed by atoms with Crippen LogP contribution in [0.3, 0.4) is 0 Å². The fourth-order valence-corrected chi connectivity index (χ4v) is 8.01. The number of Topliss-reactive ketones (excluding diaryl/α,β-unsaturated/α-hetero) is 2. The van der Waals surface area contributed by atoms with Gasteiger partial charge in [-0.1, -0.05) is 80.9 Å². The molecule has 0 fully saturated rings. The van der Waals surface area contributed by atoms with Crippen molar-refractivity contribution in [1.29, 1.82) is 0 Å². The number of nitro benzene ring substituents is 1.